The van der Waals surface area contributed by atoms with Crippen LogP contribution in [0.15, 0.2) is 30.9 Å². The first kappa shape index (κ1) is 16.5. The Hall–Kier alpha value is -2.33. The molecule has 0 unspecified atom stereocenters. The molecule has 1 N–H and O–H groups in total. The molecular weight excluding hydrogens is 332 g/mol. The third kappa shape index (κ3) is 3.77. The van der Waals surface area contributed by atoms with Crippen molar-refractivity contribution < 1.29 is 13.2 Å². The molecule has 0 bridgehead atoms. The molecule has 0 aromatic carbocycles. The summed E-state index contributed by atoms with van der Waals surface area (Å²) in [5.74, 6) is -0.0111. The molecule has 1 saturated heterocycles. The molecular formula is C14H18N6O3S. The topological polar surface area (TPSA) is 110 Å². The molecule has 1 fully saturated rings. The van der Waals surface area contributed by atoms with E-state index in [9.17, 15) is 13.2 Å². The van der Waals surface area contributed by atoms with Gasteiger partial charge in [-0.15, -0.1) is 10.2 Å². The Morgan fingerprint density at radius 2 is 1.88 bits per heavy atom. The summed E-state index contributed by atoms with van der Waals surface area (Å²) < 4.78 is 27.3. The number of nitrogens with zero attached hydrogens (tertiary/aromatic N) is 5. The molecule has 0 saturated carbocycles. The minimum absolute atomic E-state index is 0.0518. The molecule has 1 aliphatic rings. The first-order chi connectivity index (χ1) is 11.6. The Balaban J connectivity index is 1.58. The lowest BCUT2D eigenvalue weighted by molar-refractivity contribution is 0.0951. The second kappa shape index (κ2) is 7.05. The predicted molar refractivity (Wildman–Crippen MR) is 86.1 cm³/mol. The van der Waals surface area contributed by atoms with Crippen molar-refractivity contribution in [3.8, 4) is 5.82 Å². The molecule has 0 radical (unpaired) electrons. The predicted octanol–water partition coefficient (Wildman–Crippen LogP) is -0.182. The number of carbonyl (C=O) groups is 1. The van der Waals surface area contributed by atoms with E-state index >= 15 is 0 Å². The number of hydrogen-bond acceptors (Lipinski definition) is 6. The number of amides is 1. The first-order valence-electron chi connectivity index (χ1n) is 7.64. The minimum atomic E-state index is -3.30. The number of hydrogen-bond donors (Lipinski definition) is 1. The normalized spacial score (nSPS) is 15.5. The van der Waals surface area contributed by atoms with Gasteiger partial charge < -0.3 is 5.32 Å². The van der Waals surface area contributed by atoms with Gasteiger partial charge in [-0.05, 0) is 25.0 Å². The fourth-order valence-electron chi connectivity index (χ4n) is 2.49. The SMILES string of the molecule is O=C(NCCS(=O)(=O)N1CCCC1)c1cccc(-n2cnnc2)n1. The molecule has 2 aromatic heterocycles. The van der Waals surface area contributed by atoms with Gasteiger partial charge in [-0.3, -0.25) is 9.36 Å². The van der Waals surface area contributed by atoms with Crippen LogP contribution in [0.4, 0.5) is 0 Å². The summed E-state index contributed by atoms with van der Waals surface area (Å²) in [4.78, 5) is 16.4. The van der Waals surface area contributed by atoms with Gasteiger partial charge in [0.1, 0.15) is 24.2 Å². The maximum atomic E-state index is 12.2. The third-order valence-corrected chi connectivity index (χ3v) is 5.63. The highest BCUT2D eigenvalue weighted by atomic mass is 32.2. The standard InChI is InChI=1S/C14H18N6O3S/c21-14(15-6-9-24(22,23)20-7-1-2-8-20)12-4-3-5-13(18-12)19-10-16-17-11-19/h3-5,10-11H,1-2,6-9H2,(H,15,21). The van der Waals surface area contributed by atoms with E-state index in [1.807, 2.05) is 0 Å². The summed E-state index contributed by atoms with van der Waals surface area (Å²) >= 11 is 0. The molecule has 10 heteroatoms. The van der Waals surface area contributed by atoms with E-state index in [2.05, 4.69) is 20.5 Å². The lowest BCUT2D eigenvalue weighted by Crippen LogP contribution is -2.36. The maximum Gasteiger partial charge on any atom is 0.269 e. The van der Waals surface area contributed by atoms with Gasteiger partial charge in [0.2, 0.25) is 10.0 Å². The van der Waals surface area contributed by atoms with Crippen molar-refractivity contribution in [2.24, 2.45) is 0 Å². The van der Waals surface area contributed by atoms with Gasteiger partial charge in [-0.25, -0.2) is 17.7 Å². The van der Waals surface area contributed by atoms with Crippen LogP contribution in [0, 0.1) is 0 Å². The van der Waals surface area contributed by atoms with E-state index < -0.39 is 15.9 Å². The highest BCUT2D eigenvalue weighted by molar-refractivity contribution is 7.89. The monoisotopic (exact) mass is 350 g/mol. The van der Waals surface area contributed by atoms with Gasteiger partial charge in [-0.1, -0.05) is 6.07 Å². The fourth-order valence-corrected chi connectivity index (χ4v) is 3.92. The molecule has 24 heavy (non-hydrogen) atoms. The molecule has 9 nitrogen and oxygen atoms in total. The van der Waals surface area contributed by atoms with Gasteiger partial charge in [-0.2, -0.15) is 0 Å². The van der Waals surface area contributed by atoms with Crippen LogP contribution in [0.2, 0.25) is 0 Å². The van der Waals surface area contributed by atoms with Gasteiger partial charge >= 0.3 is 0 Å². The van der Waals surface area contributed by atoms with Crippen LogP contribution < -0.4 is 5.32 Å². The van der Waals surface area contributed by atoms with Crippen molar-refractivity contribution in [1.82, 2.24) is 29.4 Å². The van der Waals surface area contributed by atoms with Crippen LogP contribution in [0.1, 0.15) is 23.3 Å². The van der Waals surface area contributed by atoms with Gasteiger partial charge in [0.15, 0.2) is 0 Å². The van der Waals surface area contributed by atoms with Crippen LogP contribution in [0.5, 0.6) is 0 Å². The zero-order valence-electron chi connectivity index (χ0n) is 13.0. The molecule has 1 amide bonds. The van der Waals surface area contributed by atoms with Gasteiger partial charge in [0.25, 0.3) is 5.91 Å². The lowest BCUT2D eigenvalue weighted by atomic mass is 10.3. The largest absolute Gasteiger partial charge is 0.350 e. The highest BCUT2D eigenvalue weighted by Crippen LogP contribution is 2.12. The molecule has 3 rings (SSSR count). The third-order valence-electron chi connectivity index (χ3n) is 3.75. The Morgan fingerprint density at radius 1 is 1.17 bits per heavy atom. The van der Waals surface area contributed by atoms with E-state index in [4.69, 9.17) is 0 Å². The zero-order chi connectivity index (χ0) is 17.0. The summed E-state index contributed by atoms with van der Waals surface area (Å²) in [7, 11) is -3.30. The van der Waals surface area contributed by atoms with Crippen molar-refractivity contribution >= 4 is 15.9 Å². The molecule has 0 atom stereocenters. The van der Waals surface area contributed by atoms with Crippen molar-refractivity contribution in [1.29, 1.82) is 0 Å². The minimum Gasteiger partial charge on any atom is -0.350 e. The van der Waals surface area contributed by atoms with Gasteiger partial charge in [0, 0.05) is 19.6 Å². The molecule has 3 heterocycles. The second-order valence-electron chi connectivity index (χ2n) is 5.43. The molecule has 128 valence electrons. The van der Waals surface area contributed by atoms with Crippen LogP contribution in [-0.4, -0.2) is 63.8 Å². The quantitative estimate of drug-likeness (QED) is 0.774. The first-order valence-corrected chi connectivity index (χ1v) is 9.25. The average molecular weight is 350 g/mol. The zero-order valence-corrected chi connectivity index (χ0v) is 13.8. The number of nitrogens with one attached hydrogen (secondary N) is 1. The second-order valence-corrected chi connectivity index (χ2v) is 7.52. The van der Waals surface area contributed by atoms with Crippen LogP contribution in [0.25, 0.3) is 5.82 Å². The smallest absolute Gasteiger partial charge is 0.269 e. The molecule has 0 spiro atoms. The Morgan fingerprint density at radius 3 is 2.58 bits per heavy atom. The van der Waals surface area contributed by atoms with Crippen LogP contribution in [-0.2, 0) is 10.0 Å². The van der Waals surface area contributed by atoms with E-state index in [-0.39, 0.29) is 18.0 Å². The molecule has 0 aliphatic carbocycles. The summed E-state index contributed by atoms with van der Waals surface area (Å²) in [5.41, 5.74) is 0.208. The maximum absolute atomic E-state index is 12.2. The van der Waals surface area contributed by atoms with E-state index in [0.717, 1.165) is 12.8 Å². The Kier molecular flexibility index (Phi) is 4.86. The number of sulfonamides is 1. The number of aromatic nitrogens is 4. The summed E-state index contributed by atoms with van der Waals surface area (Å²) in [6, 6.07) is 4.98. The van der Waals surface area contributed by atoms with Crippen molar-refractivity contribution in [2.45, 2.75) is 12.8 Å². The van der Waals surface area contributed by atoms with E-state index in [0.29, 0.717) is 18.9 Å². The van der Waals surface area contributed by atoms with Crippen molar-refractivity contribution in [3.63, 3.8) is 0 Å². The summed E-state index contributed by atoms with van der Waals surface area (Å²) in [6.07, 6.45) is 4.75. The average Bonchev–Trinajstić information content (AvgIpc) is 3.28. The van der Waals surface area contributed by atoms with Crippen molar-refractivity contribution in [2.75, 3.05) is 25.4 Å². The van der Waals surface area contributed by atoms with E-state index in [1.54, 1.807) is 22.8 Å². The fraction of sp³-hybridized carbons (Fsp3) is 0.429. The summed E-state index contributed by atoms with van der Waals surface area (Å²) in [6.45, 7) is 1.19. The van der Waals surface area contributed by atoms with Gasteiger partial charge in [0.05, 0.1) is 5.75 Å². The highest BCUT2D eigenvalue weighted by Gasteiger charge is 2.24. The lowest BCUT2D eigenvalue weighted by Gasteiger charge is -2.15. The van der Waals surface area contributed by atoms with Crippen molar-refractivity contribution in [3.05, 3.63) is 36.5 Å². The number of pyridine rings is 1. The Labute approximate surface area is 139 Å². The number of carbonyl (C=O) groups excluding carboxylic acids is 1. The summed E-state index contributed by atoms with van der Waals surface area (Å²) in [5, 5.41) is 9.98. The van der Waals surface area contributed by atoms with Crippen LogP contribution >= 0.6 is 0 Å². The Bertz CT molecular complexity index is 800. The van der Waals surface area contributed by atoms with Crippen LogP contribution in [0.3, 0.4) is 0 Å². The molecule has 2 aromatic rings. The molecule has 1 aliphatic heterocycles. The number of rotatable bonds is 6. The van der Waals surface area contributed by atoms with E-state index in [1.165, 1.54) is 17.0 Å².